The van der Waals surface area contributed by atoms with Crippen molar-refractivity contribution in [3.63, 3.8) is 0 Å². The summed E-state index contributed by atoms with van der Waals surface area (Å²) >= 11 is 0. The maximum absolute atomic E-state index is 9.77. The number of furan rings is 1. The molecule has 0 amide bonds. The Labute approximate surface area is 165 Å². The Balaban J connectivity index is 2.24. The highest BCUT2D eigenvalue weighted by Gasteiger charge is 2.25. The zero-order valence-electron chi connectivity index (χ0n) is 17.1. The van der Waals surface area contributed by atoms with E-state index >= 15 is 0 Å². The van der Waals surface area contributed by atoms with Crippen LogP contribution in [0.25, 0.3) is 33.2 Å². The molecule has 0 saturated carbocycles. The molecular weight excluding hydrogens is 344 g/mol. The van der Waals surface area contributed by atoms with Gasteiger partial charge in [0.1, 0.15) is 18.2 Å². The Kier molecular flexibility index (Phi) is 4.43. The summed E-state index contributed by atoms with van der Waals surface area (Å²) in [6, 6.07) is 14.7. The van der Waals surface area contributed by atoms with Crippen LogP contribution in [0, 0.1) is 31.1 Å². The maximum Gasteiger partial charge on any atom is 0.216 e. The van der Waals surface area contributed by atoms with Gasteiger partial charge in [0.05, 0.1) is 17.2 Å². The number of hydrogen-bond donors (Lipinski definition) is 0. The van der Waals surface area contributed by atoms with E-state index in [0.717, 1.165) is 45.2 Å². The number of aromatic nitrogens is 1. The van der Waals surface area contributed by atoms with E-state index in [9.17, 15) is 5.26 Å². The van der Waals surface area contributed by atoms with Crippen molar-refractivity contribution >= 4 is 21.9 Å². The van der Waals surface area contributed by atoms with Gasteiger partial charge in [0, 0.05) is 22.9 Å². The van der Waals surface area contributed by atoms with E-state index in [1.54, 1.807) is 0 Å². The molecule has 28 heavy (non-hydrogen) atoms. The number of rotatable bonds is 3. The molecule has 0 aliphatic rings. The van der Waals surface area contributed by atoms with Gasteiger partial charge in [-0.05, 0) is 55.0 Å². The summed E-state index contributed by atoms with van der Waals surface area (Å²) in [5, 5.41) is 11.8. The molecule has 0 radical (unpaired) electrons. The Morgan fingerprint density at radius 2 is 1.82 bits per heavy atom. The third-order valence-corrected chi connectivity index (χ3v) is 5.43. The quantitative estimate of drug-likeness (QED) is 0.431. The fraction of sp³-hybridized carbons (Fsp3) is 0.280. The molecule has 0 bridgehead atoms. The van der Waals surface area contributed by atoms with Gasteiger partial charge in [-0.15, -0.1) is 0 Å². The number of pyridine rings is 1. The maximum atomic E-state index is 9.77. The van der Waals surface area contributed by atoms with Gasteiger partial charge in [-0.1, -0.05) is 26.0 Å². The highest BCUT2D eigenvalue weighted by molar-refractivity contribution is 6.14. The van der Waals surface area contributed by atoms with Crippen LogP contribution in [-0.4, -0.2) is 0 Å². The summed E-state index contributed by atoms with van der Waals surface area (Å²) in [5.74, 6) is 0.515. The first-order chi connectivity index (χ1) is 13.4. The van der Waals surface area contributed by atoms with Crippen molar-refractivity contribution in [1.82, 2.24) is 0 Å². The van der Waals surface area contributed by atoms with Crippen molar-refractivity contribution < 1.29 is 8.98 Å². The molecule has 0 N–H and O–H groups in total. The largest absolute Gasteiger partial charge is 0.455 e. The summed E-state index contributed by atoms with van der Waals surface area (Å²) in [6.45, 7) is 8.65. The molecule has 0 atom stereocenters. The van der Waals surface area contributed by atoms with Crippen molar-refractivity contribution in [2.75, 3.05) is 0 Å². The average molecular weight is 369 g/mol. The van der Waals surface area contributed by atoms with E-state index in [4.69, 9.17) is 4.42 Å². The topological polar surface area (TPSA) is 40.8 Å². The van der Waals surface area contributed by atoms with Crippen molar-refractivity contribution in [3.8, 4) is 17.3 Å². The lowest BCUT2D eigenvalue weighted by Gasteiger charge is -2.12. The van der Waals surface area contributed by atoms with E-state index in [-0.39, 0.29) is 0 Å². The van der Waals surface area contributed by atoms with E-state index in [0.29, 0.717) is 11.5 Å². The first-order valence-corrected chi connectivity index (χ1v) is 9.75. The Morgan fingerprint density at radius 3 is 2.50 bits per heavy atom. The smallest absolute Gasteiger partial charge is 0.216 e. The van der Waals surface area contributed by atoms with Gasteiger partial charge >= 0.3 is 0 Å². The molecule has 3 heteroatoms. The number of nitriles is 1. The fourth-order valence-corrected chi connectivity index (χ4v) is 4.20. The van der Waals surface area contributed by atoms with E-state index in [1.807, 2.05) is 25.1 Å². The summed E-state index contributed by atoms with van der Waals surface area (Å²) in [5.41, 5.74) is 8.10. The van der Waals surface area contributed by atoms with Crippen LogP contribution in [0.2, 0.25) is 0 Å². The van der Waals surface area contributed by atoms with Crippen LogP contribution in [-0.2, 0) is 13.5 Å². The molecule has 2 aromatic carbocycles. The molecule has 2 aromatic heterocycles. The van der Waals surface area contributed by atoms with E-state index < -0.39 is 0 Å². The third-order valence-electron chi connectivity index (χ3n) is 5.43. The van der Waals surface area contributed by atoms with Gasteiger partial charge in [0.25, 0.3) is 0 Å². The summed E-state index contributed by atoms with van der Waals surface area (Å²) < 4.78 is 8.63. The molecule has 3 nitrogen and oxygen atoms in total. The number of aryl methyl sites for hydroxylation is 3. The molecule has 0 aliphatic heterocycles. The molecule has 0 saturated heterocycles. The number of fused-ring (bicyclic) bond motifs is 3. The molecule has 140 valence electrons. The minimum atomic E-state index is 0.515. The normalized spacial score (nSPS) is 11.5. The molecule has 4 aromatic rings. The van der Waals surface area contributed by atoms with Crippen LogP contribution in [0.3, 0.4) is 0 Å². The van der Waals surface area contributed by atoms with Gasteiger partial charge < -0.3 is 4.42 Å². The van der Waals surface area contributed by atoms with Gasteiger partial charge in [0.15, 0.2) is 6.20 Å². The van der Waals surface area contributed by atoms with Gasteiger partial charge in [-0.25, -0.2) is 4.57 Å². The zero-order valence-corrected chi connectivity index (χ0v) is 17.1. The van der Waals surface area contributed by atoms with Crippen LogP contribution in [0.1, 0.15) is 36.1 Å². The van der Waals surface area contributed by atoms with Crippen molar-refractivity contribution in [1.29, 1.82) is 5.26 Å². The molecule has 0 fully saturated rings. The fourth-order valence-electron chi connectivity index (χ4n) is 4.20. The van der Waals surface area contributed by atoms with Crippen LogP contribution in [0.15, 0.2) is 47.0 Å². The van der Waals surface area contributed by atoms with Crippen molar-refractivity contribution in [3.05, 3.63) is 64.8 Å². The first kappa shape index (κ1) is 18.3. The number of nitrogens with zero attached hydrogens (tertiary/aromatic N) is 2. The minimum Gasteiger partial charge on any atom is -0.455 e. The van der Waals surface area contributed by atoms with Crippen LogP contribution in [0.4, 0.5) is 0 Å². The summed E-state index contributed by atoms with van der Waals surface area (Å²) in [6.07, 6.45) is 3.00. The number of benzene rings is 2. The monoisotopic (exact) mass is 369 g/mol. The second-order valence-corrected chi connectivity index (χ2v) is 8.07. The van der Waals surface area contributed by atoms with Gasteiger partial charge in [-0.3, -0.25) is 0 Å². The number of hydrogen-bond acceptors (Lipinski definition) is 2. The summed E-state index contributed by atoms with van der Waals surface area (Å²) in [7, 11) is 2.05. The molecular formula is C25H25N2O+. The van der Waals surface area contributed by atoms with Gasteiger partial charge in [0.2, 0.25) is 5.69 Å². The second-order valence-electron chi connectivity index (χ2n) is 8.07. The van der Waals surface area contributed by atoms with Crippen LogP contribution < -0.4 is 4.57 Å². The average Bonchev–Trinajstić information content (AvgIpc) is 3.04. The highest BCUT2D eigenvalue weighted by atomic mass is 16.3. The molecule has 0 spiro atoms. The van der Waals surface area contributed by atoms with Crippen LogP contribution in [0.5, 0.6) is 0 Å². The predicted molar refractivity (Wildman–Crippen MR) is 113 cm³/mol. The molecule has 0 unspecified atom stereocenters. The third kappa shape index (κ3) is 2.77. The van der Waals surface area contributed by atoms with E-state index in [2.05, 4.69) is 62.9 Å². The molecule has 4 rings (SSSR count). The minimum absolute atomic E-state index is 0.515. The Morgan fingerprint density at radius 1 is 1.04 bits per heavy atom. The van der Waals surface area contributed by atoms with Crippen molar-refractivity contribution in [2.45, 2.75) is 34.1 Å². The van der Waals surface area contributed by atoms with Crippen molar-refractivity contribution in [2.24, 2.45) is 13.0 Å². The molecule has 0 aliphatic carbocycles. The predicted octanol–water partition coefficient (Wildman–Crippen LogP) is 5.76. The lowest BCUT2D eigenvalue weighted by atomic mass is 9.91. The SMILES string of the molecule is Cc1cc(CC(C)C)c2c(oc3c(C)ccc(C#N)c32)c1-c1cccc[n+]1C. The van der Waals surface area contributed by atoms with E-state index in [1.165, 1.54) is 11.1 Å². The molecule has 2 heterocycles. The zero-order chi connectivity index (χ0) is 20.0. The Hall–Kier alpha value is -3.12. The first-order valence-electron chi connectivity index (χ1n) is 9.75. The lowest BCUT2D eigenvalue weighted by Crippen LogP contribution is -2.30. The standard InChI is InChI=1S/C25H25N2O/c1-15(2)12-19-13-17(4)21(20-8-6-7-11-27(20)5)25-23(19)22-18(14-26)10-9-16(3)24(22)28-25/h6-11,13,15H,12H2,1-5H3/q+1. The summed E-state index contributed by atoms with van der Waals surface area (Å²) in [4.78, 5) is 0. The van der Waals surface area contributed by atoms with Gasteiger partial charge in [-0.2, -0.15) is 5.26 Å². The lowest BCUT2D eigenvalue weighted by molar-refractivity contribution is -0.660. The Bertz CT molecular complexity index is 1260. The highest BCUT2D eigenvalue weighted by Crippen LogP contribution is 2.42. The second kappa shape index (κ2) is 6.80. The van der Waals surface area contributed by atoms with Crippen LogP contribution >= 0.6 is 0 Å².